The van der Waals surface area contributed by atoms with Crippen molar-refractivity contribution in [3.63, 3.8) is 0 Å². The molecule has 0 spiro atoms. The Kier molecular flexibility index (Phi) is 8.68. The van der Waals surface area contributed by atoms with E-state index in [1.165, 1.54) is 0 Å². The summed E-state index contributed by atoms with van der Waals surface area (Å²) in [6.45, 7) is 11.5. The Bertz CT molecular complexity index is 1680. The average molecular weight is 629 g/mol. The maximum atomic E-state index is 13.5. The highest BCUT2D eigenvalue weighted by Gasteiger charge is 2.30. The molecule has 0 saturated carbocycles. The number of carbonyl (C=O) groups excluding carboxylic acids is 2. The zero-order valence-corrected chi connectivity index (χ0v) is 29.3. The van der Waals surface area contributed by atoms with Crippen LogP contribution in [0.1, 0.15) is 71.2 Å². The van der Waals surface area contributed by atoms with E-state index in [1.54, 1.807) is 0 Å². The summed E-state index contributed by atoms with van der Waals surface area (Å²) >= 11 is 0. The first-order valence-corrected chi connectivity index (χ1v) is 16.2. The highest BCUT2D eigenvalue weighted by Crippen LogP contribution is 2.33. The molecule has 10 heteroatoms. The minimum atomic E-state index is -0.237. The number of fused-ring (bicyclic) bond motifs is 8. The van der Waals surface area contributed by atoms with Gasteiger partial charge in [-0.15, -0.1) is 0 Å². The molecule has 0 radical (unpaired) electrons. The topological polar surface area (TPSA) is 116 Å². The van der Waals surface area contributed by atoms with Crippen LogP contribution in [-0.4, -0.2) is 109 Å². The number of hydrogen-bond donors (Lipinski definition) is 4. The summed E-state index contributed by atoms with van der Waals surface area (Å²) in [7, 11) is 12.7. The molecule has 10 nitrogen and oxygen atoms in total. The number of quaternary nitrogens is 2. The van der Waals surface area contributed by atoms with Crippen molar-refractivity contribution in [1.82, 2.24) is 30.6 Å². The number of amides is 2. The summed E-state index contributed by atoms with van der Waals surface area (Å²) in [5.74, 6) is -0.220. The predicted octanol–water partition coefficient (Wildman–Crippen LogP) is 4.23. The van der Waals surface area contributed by atoms with Crippen LogP contribution in [0.2, 0.25) is 0 Å². The lowest BCUT2D eigenvalue weighted by molar-refractivity contribution is -0.869. The van der Waals surface area contributed by atoms with Gasteiger partial charge < -0.3 is 29.6 Å². The number of aromatic nitrogens is 4. The van der Waals surface area contributed by atoms with Crippen LogP contribution in [0.15, 0.2) is 36.4 Å². The van der Waals surface area contributed by atoms with Gasteiger partial charge in [-0.05, 0) is 36.4 Å². The van der Waals surface area contributed by atoms with Crippen LogP contribution in [0.3, 0.4) is 0 Å². The first-order chi connectivity index (χ1) is 21.3. The molecule has 0 aliphatic carbocycles. The van der Waals surface area contributed by atoms with Crippen molar-refractivity contribution in [1.29, 1.82) is 0 Å². The summed E-state index contributed by atoms with van der Waals surface area (Å²) in [6, 6.07) is 11.9. The van der Waals surface area contributed by atoms with Gasteiger partial charge in [-0.3, -0.25) is 19.6 Å². The molecule has 246 valence electrons. The summed E-state index contributed by atoms with van der Waals surface area (Å²) in [4.78, 5) is 44.0. The van der Waals surface area contributed by atoms with Gasteiger partial charge in [0.2, 0.25) is 0 Å². The number of rotatable bonds is 8. The van der Waals surface area contributed by atoms with Crippen molar-refractivity contribution in [2.75, 3.05) is 68.5 Å². The molecular weight excluding hydrogens is 576 g/mol. The zero-order valence-electron chi connectivity index (χ0n) is 29.3. The van der Waals surface area contributed by atoms with Gasteiger partial charge in [0, 0.05) is 57.5 Å². The number of carbonyl (C=O) groups is 2. The Morgan fingerprint density at radius 2 is 1.02 bits per heavy atom. The van der Waals surface area contributed by atoms with Gasteiger partial charge in [0.1, 0.15) is 0 Å². The Morgan fingerprint density at radius 1 is 0.652 bits per heavy atom. The lowest BCUT2D eigenvalue weighted by atomic mass is 9.87. The van der Waals surface area contributed by atoms with Crippen LogP contribution in [0.4, 0.5) is 0 Å². The van der Waals surface area contributed by atoms with Gasteiger partial charge in [-0.2, -0.15) is 0 Å². The largest absolute Gasteiger partial charge is 0.355 e. The van der Waals surface area contributed by atoms with E-state index in [1.807, 2.05) is 36.4 Å². The fourth-order valence-electron chi connectivity index (χ4n) is 5.97. The molecule has 0 unspecified atom stereocenters. The average Bonchev–Trinajstić information content (AvgIpc) is 3.62. The van der Waals surface area contributed by atoms with Crippen molar-refractivity contribution in [3.8, 4) is 0 Å². The van der Waals surface area contributed by atoms with E-state index in [2.05, 4.69) is 90.6 Å². The van der Waals surface area contributed by atoms with Gasteiger partial charge in [0.25, 0.3) is 11.8 Å². The second-order valence-electron chi connectivity index (χ2n) is 16.3. The fourth-order valence-corrected chi connectivity index (χ4v) is 5.97. The van der Waals surface area contributed by atoms with Crippen molar-refractivity contribution in [2.24, 2.45) is 0 Å². The summed E-state index contributed by atoms with van der Waals surface area (Å²) in [6.07, 6.45) is 1.43. The van der Waals surface area contributed by atoms with E-state index in [-0.39, 0.29) is 22.6 Å². The molecule has 8 bridgehead atoms. The third kappa shape index (κ3) is 7.85. The van der Waals surface area contributed by atoms with Crippen LogP contribution < -0.4 is 10.6 Å². The smallest absolute Gasteiger partial charge is 0.253 e. The minimum Gasteiger partial charge on any atom is -0.355 e. The normalized spacial score (nSPS) is 15.9. The number of nitrogens with zero attached hydrogens (tertiary/aromatic N) is 4. The third-order valence-corrected chi connectivity index (χ3v) is 8.73. The molecule has 0 atom stereocenters. The monoisotopic (exact) mass is 628 g/mol. The molecule has 46 heavy (non-hydrogen) atoms. The van der Waals surface area contributed by atoms with Gasteiger partial charge in [0.05, 0.1) is 90.6 Å². The van der Waals surface area contributed by atoms with Crippen molar-refractivity contribution in [3.05, 3.63) is 70.3 Å². The number of likely N-dealkylation sites (N-methyl/N-ethyl adjacent to an activating group) is 2. The van der Waals surface area contributed by atoms with Crippen LogP contribution in [-0.2, 0) is 23.7 Å². The van der Waals surface area contributed by atoms with Gasteiger partial charge in [-0.1, -0.05) is 27.7 Å². The molecular formula is C36H52N8O2+2. The number of hydrogen-bond acceptors (Lipinski definition) is 4. The summed E-state index contributed by atoms with van der Waals surface area (Å²) < 4.78 is 1.53. The Morgan fingerprint density at radius 3 is 1.37 bits per heavy atom. The van der Waals surface area contributed by atoms with E-state index < -0.39 is 0 Å². The lowest BCUT2D eigenvalue weighted by Crippen LogP contribution is -2.41. The molecule has 4 N–H and O–H groups in total. The standard InChI is InChI=1S/C36H50N8O2/c1-35(2)21-25-17-29-28(34(46)38-12-14-44(8,9)10)16-24(40-29)20-32-36(3,4)22-26(42-32)18-30-27(15-23(39-30)19-31(35)41-25)33(45)37-11-13-43(5,6)7/h15-20H,11-14,21-22H2,1-10H3,(H2-2,37,38,39,40,41,42,45,46)/p+2. The summed E-state index contributed by atoms with van der Waals surface area (Å²) in [5.41, 5.74) is 7.43. The van der Waals surface area contributed by atoms with Crippen LogP contribution >= 0.6 is 0 Å². The van der Waals surface area contributed by atoms with E-state index in [9.17, 15) is 9.59 Å². The first-order valence-electron chi connectivity index (χ1n) is 16.2. The second kappa shape index (κ2) is 12.0. The zero-order chi connectivity index (χ0) is 33.7. The first kappa shape index (κ1) is 33.3. The number of nitrogens with one attached hydrogen (secondary N) is 4. The van der Waals surface area contributed by atoms with Gasteiger partial charge >= 0.3 is 0 Å². The van der Waals surface area contributed by atoms with Crippen molar-refractivity contribution >= 4 is 33.9 Å². The Labute approximate surface area is 272 Å². The fraction of sp³-hybridized carbons (Fsp3) is 0.500. The maximum absolute atomic E-state index is 13.5. The van der Waals surface area contributed by atoms with Gasteiger partial charge in [0.15, 0.2) is 0 Å². The van der Waals surface area contributed by atoms with Crippen LogP contribution in [0.5, 0.6) is 0 Å². The molecule has 0 fully saturated rings. The molecule has 0 saturated heterocycles. The molecule has 2 amide bonds. The summed E-state index contributed by atoms with van der Waals surface area (Å²) in [5, 5.41) is 6.22. The lowest BCUT2D eigenvalue weighted by Gasteiger charge is -2.23. The molecule has 0 aromatic carbocycles. The number of H-pyrrole nitrogens is 2. The van der Waals surface area contributed by atoms with Crippen LogP contribution in [0, 0.1) is 0 Å². The van der Waals surface area contributed by atoms with Crippen molar-refractivity contribution in [2.45, 2.75) is 51.4 Å². The molecule has 5 heterocycles. The van der Waals surface area contributed by atoms with E-state index in [0.29, 0.717) is 24.2 Å². The molecule has 2 aliphatic rings. The maximum Gasteiger partial charge on any atom is 0.253 e. The minimum absolute atomic E-state index is 0.110. The van der Waals surface area contributed by atoms with E-state index >= 15 is 0 Å². The SMILES string of the molecule is CC1(C)Cc2cc3[nH]c(cc4nc(cc5[nH]c(cc1n2)cc5C(=O)NCC[N+](C)(C)C)CC4(C)C)cc3C(=O)NCC[N+](C)(C)C. The quantitative estimate of drug-likeness (QED) is 0.280. The van der Waals surface area contributed by atoms with E-state index in [0.717, 1.165) is 79.7 Å². The van der Waals surface area contributed by atoms with E-state index in [4.69, 9.17) is 9.97 Å². The third-order valence-electron chi connectivity index (χ3n) is 8.73. The molecule has 5 rings (SSSR count). The highest BCUT2D eigenvalue weighted by molar-refractivity contribution is 6.03. The number of aromatic amines is 2. The van der Waals surface area contributed by atoms with Crippen molar-refractivity contribution < 1.29 is 18.6 Å². The molecule has 2 aliphatic heterocycles. The Hall–Kier alpha value is -4.02. The highest BCUT2D eigenvalue weighted by atomic mass is 16.2. The molecule has 3 aromatic heterocycles. The second-order valence-corrected chi connectivity index (χ2v) is 16.3. The van der Waals surface area contributed by atoms with Crippen LogP contribution in [0.25, 0.3) is 22.1 Å². The van der Waals surface area contributed by atoms with Gasteiger partial charge in [-0.25, -0.2) is 0 Å². The molecule has 3 aromatic rings. The Balaban J connectivity index is 1.68. The predicted molar refractivity (Wildman–Crippen MR) is 185 cm³/mol.